The van der Waals surface area contributed by atoms with Crippen LogP contribution in [0.5, 0.6) is 11.5 Å². The number of halogens is 1. The van der Waals surface area contributed by atoms with Crippen molar-refractivity contribution in [3.8, 4) is 11.5 Å². The molecule has 31 heavy (non-hydrogen) atoms. The fourth-order valence-electron chi connectivity index (χ4n) is 4.33. The molecule has 8 nitrogen and oxygen atoms in total. The van der Waals surface area contributed by atoms with Gasteiger partial charge < -0.3 is 29.4 Å². The number of carbonyl (C=O) groups excluding carboxylic acids is 1. The number of benzene rings is 1. The Labute approximate surface area is 180 Å². The summed E-state index contributed by atoms with van der Waals surface area (Å²) < 4.78 is 27.7. The Bertz CT molecular complexity index is 1270. The summed E-state index contributed by atoms with van der Waals surface area (Å²) in [7, 11) is 2.69. The largest absolute Gasteiger partial charge is 0.505 e. The Hall–Kier alpha value is -2.85. The van der Waals surface area contributed by atoms with Crippen molar-refractivity contribution in [2.24, 2.45) is 0 Å². The van der Waals surface area contributed by atoms with Gasteiger partial charge in [0.25, 0.3) is 0 Å². The highest BCUT2D eigenvalue weighted by atomic mass is 32.1. The number of fused-ring (bicyclic) bond motifs is 2. The minimum atomic E-state index is -0.718. The van der Waals surface area contributed by atoms with Gasteiger partial charge in [-0.15, -0.1) is 11.3 Å². The Kier molecular flexibility index (Phi) is 4.78. The van der Waals surface area contributed by atoms with Gasteiger partial charge in [0.2, 0.25) is 5.43 Å². The van der Waals surface area contributed by atoms with Crippen molar-refractivity contribution in [2.45, 2.75) is 18.9 Å². The summed E-state index contributed by atoms with van der Waals surface area (Å²) in [5, 5.41) is 14.1. The van der Waals surface area contributed by atoms with Crippen LogP contribution in [0.15, 0.2) is 10.9 Å². The molecule has 0 radical (unpaired) electrons. The van der Waals surface area contributed by atoms with Gasteiger partial charge in [0.05, 0.1) is 25.1 Å². The number of pyridine rings is 1. The number of thiophene rings is 1. The summed E-state index contributed by atoms with van der Waals surface area (Å²) in [5.41, 5.74) is 0.295. The van der Waals surface area contributed by atoms with E-state index in [4.69, 9.17) is 9.47 Å². The topological polar surface area (TPSA) is 93.0 Å². The van der Waals surface area contributed by atoms with Crippen molar-refractivity contribution in [3.63, 3.8) is 0 Å². The third-order valence-electron chi connectivity index (χ3n) is 5.90. The highest BCUT2D eigenvalue weighted by Gasteiger charge is 2.34. The van der Waals surface area contributed by atoms with Gasteiger partial charge >= 0.3 is 5.97 Å². The number of anilines is 1. The van der Waals surface area contributed by atoms with Crippen molar-refractivity contribution in [1.82, 2.24) is 9.88 Å². The summed E-state index contributed by atoms with van der Waals surface area (Å²) >= 11 is 1.01. The van der Waals surface area contributed by atoms with E-state index in [1.807, 2.05) is 9.47 Å². The molecule has 1 aliphatic carbocycles. The summed E-state index contributed by atoms with van der Waals surface area (Å²) in [4.78, 5) is 27.9. The fraction of sp³-hybridized carbons (Fsp3) is 0.429. The molecule has 3 aromatic rings. The number of piperazine rings is 1. The maximum Gasteiger partial charge on any atom is 0.351 e. The number of aromatic nitrogens is 1. The van der Waals surface area contributed by atoms with Gasteiger partial charge in [-0.05, 0) is 18.9 Å². The number of ether oxygens (including phenoxy) is 2. The zero-order chi connectivity index (χ0) is 21.9. The van der Waals surface area contributed by atoms with Crippen LogP contribution < -0.4 is 20.4 Å². The van der Waals surface area contributed by atoms with Gasteiger partial charge in [-0.25, -0.2) is 9.18 Å². The lowest BCUT2D eigenvalue weighted by molar-refractivity contribution is 0.0603. The first-order valence-corrected chi connectivity index (χ1v) is 10.9. The molecular formula is C21H22FN3O5S. The summed E-state index contributed by atoms with van der Waals surface area (Å²) in [6, 6.07) is 1.30. The molecule has 0 atom stereocenters. The monoisotopic (exact) mass is 447 g/mol. The molecular weight excluding hydrogens is 425 g/mol. The van der Waals surface area contributed by atoms with Gasteiger partial charge in [0.1, 0.15) is 15.9 Å². The zero-order valence-corrected chi connectivity index (χ0v) is 18.0. The van der Waals surface area contributed by atoms with E-state index in [0.717, 1.165) is 37.3 Å². The number of nitrogens with zero attached hydrogens (tertiary/aromatic N) is 2. The molecule has 1 saturated carbocycles. The number of rotatable bonds is 4. The smallest absolute Gasteiger partial charge is 0.351 e. The zero-order valence-electron chi connectivity index (χ0n) is 17.2. The van der Waals surface area contributed by atoms with Gasteiger partial charge in [-0.3, -0.25) is 4.79 Å². The molecule has 0 amide bonds. The normalized spacial score (nSPS) is 16.8. The highest BCUT2D eigenvalue weighted by Crippen LogP contribution is 2.48. The Morgan fingerprint density at radius 1 is 1.29 bits per heavy atom. The third-order valence-corrected chi connectivity index (χ3v) is 7.06. The van der Waals surface area contributed by atoms with Crippen LogP contribution in [0.25, 0.3) is 21.1 Å². The first-order chi connectivity index (χ1) is 15.0. The van der Waals surface area contributed by atoms with Gasteiger partial charge in [0, 0.05) is 32.2 Å². The van der Waals surface area contributed by atoms with Crippen LogP contribution in [0.3, 0.4) is 0 Å². The van der Waals surface area contributed by atoms with E-state index in [9.17, 15) is 14.7 Å². The first kappa shape index (κ1) is 20.1. The van der Waals surface area contributed by atoms with Gasteiger partial charge in [-0.1, -0.05) is 0 Å². The van der Waals surface area contributed by atoms with Crippen LogP contribution in [-0.4, -0.2) is 56.0 Å². The molecule has 2 aromatic heterocycles. The van der Waals surface area contributed by atoms with Crippen molar-refractivity contribution >= 4 is 44.1 Å². The SMILES string of the molecule is COC(=O)c1sc2c(c1O)c(=O)c1cc(F)c(N3CCNCC3)c(OC)c1n2C1CC1. The van der Waals surface area contributed by atoms with Crippen molar-refractivity contribution in [2.75, 3.05) is 45.3 Å². The van der Waals surface area contributed by atoms with Crippen LogP contribution in [0.2, 0.25) is 0 Å². The Morgan fingerprint density at radius 2 is 2.00 bits per heavy atom. The van der Waals surface area contributed by atoms with Crippen molar-refractivity contribution in [3.05, 3.63) is 27.0 Å². The molecule has 1 aliphatic heterocycles. The maximum atomic E-state index is 15.3. The van der Waals surface area contributed by atoms with E-state index in [1.165, 1.54) is 20.3 Å². The molecule has 1 saturated heterocycles. The second-order valence-corrected chi connectivity index (χ2v) is 8.75. The number of hydrogen-bond acceptors (Lipinski definition) is 8. The van der Waals surface area contributed by atoms with E-state index >= 15 is 4.39 Å². The van der Waals surface area contributed by atoms with E-state index < -0.39 is 23.0 Å². The molecule has 10 heteroatoms. The highest BCUT2D eigenvalue weighted by molar-refractivity contribution is 7.21. The number of aromatic hydroxyl groups is 1. The molecule has 0 unspecified atom stereocenters. The van der Waals surface area contributed by atoms with Crippen LogP contribution >= 0.6 is 11.3 Å². The summed E-state index contributed by atoms with van der Waals surface area (Å²) in [5.74, 6) is -1.38. The second kappa shape index (κ2) is 7.38. The average molecular weight is 447 g/mol. The average Bonchev–Trinajstić information content (AvgIpc) is 3.56. The molecule has 2 fully saturated rings. The minimum Gasteiger partial charge on any atom is -0.505 e. The summed E-state index contributed by atoms with van der Waals surface area (Å²) in [6.07, 6.45) is 1.76. The van der Waals surface area contributed by atoms with Crippen LogP contribution in [0.4, 0.5) is 10.1 Å². The predicted octanol–water partition coefficient (Wildman–Crippen LogP) is 2.60. The van der Waals surface area contributed by atoms with Gasteiger partial charge in [0.15, 0.2) is 22.2 Å². The molecule has 2 N–H and O–H groups in total. The second-order valence-electron chi connectivity index (χ2n) is 7.76. The number of nitrogens with one attached hydrogen (secondary N) is 1. The minimum absolute atomic E-state index is 0.0150. The Balaban J connectivity index is 1.92. The molecule has 164 valence electrons. The van der Waals surface area contributed by atoms with E-state index in [2.05, 4.69) is 5.32 Å². The summed E-state index contributed by atoms with van der Waals surface area (Å²) in [6.45, 7) is 2.66. The standard InChI is InChI=1S/C21H22FN3O5S/c1-29-18-14-11(9-12(22)15(18)24-7-5-23-6-8-24)16(26)13-17(27)19(21(28)30-2)31-20(13)25(14)10-3-4-10/h9-10,23,27H,3-8H2,1-2H3. The molecule has 3 heterocycles. The molecule has 5 rings (SSSR count). The molecule has 0 spiro atoms. The molecule has 1 aromatic carbocycles. The maximum absolute atomic E-state index is 15.3. The Morgan fingerprint density at radius 3 is 2.61 bits per heavy atom. The van der Waals surface area contributed by atoms with E-state index in [-0.39, 0.29) is 21.7 Å². The van der Waals surface area contributed by atoms with Crippen LogP contribution in [0, 0.1) is 5.82 Å². The third kappa shape index (κ3) is 2.96. The molecule has 2 aliphatic rings. The van der Waals surface area contributed by atoms with Gasteiger partial charge in [-0.2, -0.15) is 0 Å². The van der Waals surface area contributed by atoms with Crippen LogP contribution in [0.1, 0.15) is 28.6 Å². The fourth-order valence-corrected chi connectivity index (χ4v) is 5.52. The van der Waals surface area contributed by atoms with E-state index in [1.54, 1.807) is 0 Å². The van der Waals surface area contributed by atoms with E-state index in [0.29, 0.717) is 34.9 Å². The number of carbonyl (C=O) groups is 1. The quantitative estimate of drug-likeness (QED) is 0.594. The lowest BCUT2D eigenvalue weighted by Gasteiger charge is -2.31. The number of esters is 1. The lowest BCUT2D eigenvalue weighted by atomic mass is 10.1. The van der Waals surface area contributed by atoms with Crippen LogP contribution in [-0.2, 0) is 4.74 Å². The number of methoxy groups -OCH3 is 2. The first-order valence-electron chi connectivity index (χ1n) is 10.1. The lowest BCUT2D eigenvalue weighted by Crippen LogP contribution is -2.44. The van der Waals surface area contributed by atoms with Crippen molar-refractivity contribution in [1.29, 1.82) is 0 Å². The molecule has 0 bridgehead atoms. The predicted molar refractivity (Wildman–Crippen MR) is 116 cm³/mol. The van der Waals surface area contributed by atoms with Crippen molar-refractivity contribution < 1.29 is 23.8 Å². The number of hydrogen-bond donors (Lipinski definition) is 2.